The van der Waals surface area contributed by atoms with Crippen LogP contribution in [0.1, 0.15) is 11.1 Å². The second-order valence-corrected chi connectivity index (χ2v) is 2.19. The molecule has 0 saturated heterocycles. The van der Waals surface area contributed by atoms with Crippen molar-refractivity contribution in [2.45, 2.75) is 13.5 Å². The van der Waals surface area contributed by atoms with Crippen LogP contribution < -0.4 is 0 Å². The number of benzene rings is 1. The summed E-state index contributed by atoms with van der Waals surface area (Å²) in [6.45, 7) is 1.55. The number of hydrogen-bond acceptors (Lipinski definition) is 1. The van der Waals surface area contributed by atoms with Gasteiger partial charge in [-0.2, -0.15) is 0 Å². The van der Waals surface area contributed by atoms with Gasteiger partial charge >= 0.3 is 0 Å². The summed E-state index contributed by atoms with van der Waals surface area (Å²) < 4.78 is 12.7. The van der Waals surface area contributed by atoms with Crippen LogP contribution in [0.4, 0.5) is 4.39 Å². The first-order valence-electron chi connectivity index (χ1n) is 3.10. The molecule has 0 aromatic heterocycles. The van der Waals surface area contributed by atoms with E-state index in [1.807, 2.05) is 0 Å². The van der Waals surface area contributed by atoms with E-state index < -0.39 is 0 Å². The minimum Gasteiger partial charge on any atom is -0.392 e. The van der Waals surface area contributed by atoms with Crippen LogP contribution in [-0.2, 0) is 6.61 Å². The first-order valence-corrected chi connectivity index (χ1v) is 3.10. The lowest BCUT2D eigenvalue weighted by Crippen LogP contribution is -1.92. The second-order valence-electron chi connectivity index (χ2n) is 2.19. The summed E-state index contributed by atoms with van der Waals surface area (Å²) >= 11 is 0. The van der Waals surface area contributed by atoms with Gasteiger partial charge in [0, 0.05) is 5.56 Å². The Morgan fingerprint density at radius 2 is 2.20 bits per heavy atom. The van der Waals surface area contributed by atoms with Crippen LogP contribution in [0.2, 0.25) is 0 Å². The molecule has 1 N–H and O–H groups in total. The molecule has 0 spiro atoms. The third kappa shape index (κ3) is 1.16. The molecule has 0 unspecified atom stereocenters. The van der Waals surface area contributed by atoms with E-state index in [4.69, 9.17) is 5.11 Å². The number of halogens is 1. The standard InChI is InChI=1S/C8H9FO/c1-6-3-2-4-8(9)7(6)5-10/h2-4,10H,5H2,1H3. The van der Waals surface area contributed by atoms with Gasteiger partial charge in [-0.1, -0.05) is 12.1 Å². The van der Waals surface area contributed by atoms with E-state index in [2.05, 4.69) is 0 Å². The largest absolute Gasteiger partial charge is 0.392 e. The van der Waals surface area contributed by atoms with Crippen molar-refractivity contribution >= 4 is 0 Å². The van der Waals surface area contributed by atoms with Crippen molar-refractivity contribution in [3.8, 4) is 0 Å². The monoisotopic (exact) mass is 140 g/mol. The first-order chi connectivity index (χ1) is 4.75. The van der Waals surface area contributed by atoms with Gasteiger partial charge < -0.3 is 5.11 Å². The Morgan fingerprint density at radius 3 is 2.60 bits per heavy atom. The topological polar surface area (TPSA) is 20.2 Å². The Bertz CT molecular complexity index is 212. The predicted octanol–water partition coefficient (Wildman–Crippen LogP) is 1.63. The Labute approximate surface area is 59.1 Å². The molecule has 1 aromatic rings. The minimum absolute atomic E-state index is 0.224. The quantitative estimate of drug-likeness (QED) is 0.628. The molecule has 0 saturated carbocycles. The molecule has 0 radical (unpaired) electrons. The molecular weight excluding hydrogens is 131 g/mol. The van der Waals surface area contributed by atoms with Gasteiger partial charge in [-0.05, 0) is 18.6 Å². The van der Waals surface area contributed by atoms with Gasteiger partial charge in [0.1, 0.15) is 5.82 Å². The van der Waals surface area contributed by atoms with Gasteiger partial charge in [0.2, 0.25) is 0 Å². The molecule has 0 atom stereocenters. The highest BCUT2D eigenvalue weighted by atomic mass is 19.1. The van der Waals surface area contributed by atoms with Crippen LogP contribution in [0.5, 0.6) is 0 Å². The lowest BCUT2D eigenvalue weighted by atomic mass is 10.1. The summed E-state index contributed by atoms with van der Waals surface area (Å²) in [6, 6.07) is 4.75. The van der Waals surface area contributed by atoms with Crippen molar-refractivity contribution in [2.24, 2.45) is 0 Å². The Morgan fingerprint density at radius 1 is 1.50 bits per heavy atom. The molecule has 1 nitrogen and oxygen atoms in total. The van der Waals surface area contributed by atoms with Crippen LogP contribution >= 0.6 is 0 Å². The number of hydrogen-bond donors (Lipinski definition) is 1. The molecule has 1 rings (SSSR count). The third-order valence-electron chi connectivity index (χ3n) is 1.51. The van der Waals surface area contributed by atoms with Crippen LogP contribution in [0.3, 0.4) is 0 Å². The van der Waals surface area contributed by atoms with E-state index in [1.165, 1.54) is 6.07 Å². The average molecular weight is 140 g/mol. The summed E-state index contributed by atoms with van der Waals surface area (Å²) in [4.78, 5) is 0. The lowest BCUT2D eigenvalue weighted by molar-refractivity contribution is 0.275. The van der Waals surface area contributed by atoms with Gasteiger partial charge in [-0.25, -0.2) is 4.39 Å². The zero-order valence-corrected chi connectivity index (χ0v) is 5.76. The van der Waals surface area contributed by atoms with E-state index in [0.29, 0.717) is 5.56 Å². The molecule has 2 heteroatoms. The highest BCUT2D eigenvalue weighted by Gasteiger charge is 2.01. The maximum absolute atomic E-state index is 12.7. The summed E-state index contributed by atoms with van der Waals surface area (Å²) in [7, 11) is 0. The van der Waals surface area contributed by atoms with Crippen LogP contribution in [0.25, 0.3) is 0 Å². The molecule has 0 bridgehead atoms. The van der Waals surface area contributed by atoms with Gasteiger partial charge in [-0.15, -0.1) is 0 Å². The number of aliphatic hydroxyl groups excluding tert-OH is 1. The highest BCUT2D eigenvalue weighted by Crippen LogP contribution is 2.11. The maximum Gasteiger partial charge on any atom is 0.128 e. The fourth-order valence-corrected chi connectivity index (χ4v) is 0.867. The Hall–Kier alpha value is -0.890. The fourth-order valence-electron chi connectivity index (χ4n) is 0.867. The van der Waals surface area contributed by atoms with Gasteiger partial charge in [0.25, 0.3) is 0 Å². The van der Waals surface area contributed by atoms with Crippen molar-refractivity contribution in [1.29, 1.82) is 0 Å². The molecule has 0 fully saturated rings. The molecule has 0 aliphatic carbocycles. The fraction of sp³-hybridized carbons (Fsp3) is 0.250. The average Bonchev–Trinajstić information content (AvgIpc) is 1.88. The Balaban J connectivity index is 3.17. The lowest BCUT2D eigenvalue weighted by Gasteiger charge is -2.01. The summed E-state index contributed by atoms with van der Waals surface area (Å²) in [5.74, 6) is -0.331. The summed E-state index contributed by atoms with van der Waals surface area (Å²) in [5.41, 5.74) is 1.19. The highest BCUT2D eigenvalue weighted by molar-refractivity contribution is 5.26. The third-order valence-corrected chi connectivity index (χ3v) is 1.51. The molecule has 54 valence electrons. The van der Waals surface area contributed by atoms with E-state index in [1.54, 1.807) is 19.1 Å². The van der Waals surface area contributed by atoms with Crippen LogP contribution in [-0.4, -0.2) is 5.11 Å². The Kier molecular flexibility index (Phi) is 2.02. The predicted molar refractivity (Wildman–Crippen MR) is 37.1 cm³/mol. The van der Waals surface area contributed by atoms with Gasteiger partial charge in [0.15, 0.2) is 0 Å². The second kappa shape index (κ2) is 2.80. The smallest absolute Gasteiger partial charge is 0.128 e. The number of rotatable bonds is 1. The molecule has 0 aliphatic heterocycles. The van der Waals surface area contributed by atoms with E-state index in [-0.39, 0.29) is 12.4 Å². The van der Waals surface area contributed by atoms with Crippen molar-refractivity contribution in [3.05, 3.63) is 35.1 Å². The molecule has 0 aliphatic rings. The number of aliphatic hydroxyl groups is 1. The van der Waals surface area contributed by atoms with Crippen LogP contribution in [0.15, 0.2) is 18.2 Å². The molecule has 10 heavy (non-hydrogen) atoms. The molecule has 0 amide bonds. The van der Waals surface area contributed by atoms with Crippen LogP contribution in [0, 0.1) is 12.7 Å². The van der Waals surface area contributed by atoms with E-state index >= 15 is 0 Å². The molecular formula is C8H9FO. The normalized spacial score (nSPS) is 9.90. The molecule has 1 aromatic carbocycles. The zero-order valence-electron chi connectivity index (χ0n) is 5.76. The van der Waals surface area contributed by atoms with Gasteiger partial charge in [-0.3, -0.25) is 0 Å². The maximum atomic E-state index is 12.7. The van der Waals surface area contributed by atoms with E-state index in [0.717, 1.165) is 5.56 Å². The number of aryl methyl sites for hydroxylation is 1. The van der Waals surface area contributed by atoms with Crippen molar-refractivity contribution < 1.29 is 9.50 Å². The zero-order chi connectivity index (χ0) is 7.56. The molecule has 0 heterocycles. The van der Waals surface area contributed by atoms with Gasteiger partial charge in [0.05, 0.1) is 6.61 Å². The summed E-state index contributed by atoms with van der Waals surface area (Å²) in [5, 5.41) is 8.66. The first kappa shape index (κ1) is 7.22. The van der Waals surface area contributed by atoms with Crippen molar-refractivity contribution in [1.82, 2.24) is 0 Å². The van der Waals surface area contributed by atoms with Crippen molar-refractivity contribution in [2.75, 3.05) is 0 Å². The SMILES string of the molecule is Cc1cccc(F)c1CO. The minimum atomic E-state index is -0.331. The summed E-state index contributed by atoms with van der Waals surface area (Å²) in [6.07, 6.45) is 0. The van der Waals surface area contributed by atoms with Crippen molar-refractivity contribution in [3.63, 3.8) is 0 Å². The van der Waals surface area contributed by atoms with E-state index in [9.17, 15) is 4.39 Å².